The van der Waals surface area contributed by atoms with Gasteiger partial charge in [0.25, 0.3) is 0 Å². The number of hydrogen-bond acceptors (Lipinski definition) is 3. The van der Waals surface area contributed by atoms with Gasteiger partial charge in [0.1, 0.15) is 5.75 Å². The molecule has 1 amide bonds. The molecule has 1 aromatic rings. The Bertz CT molecular complexity index is 495. The van der Waals surface area contributed by atoms with E-state index in [1.807, 2.05) is 24.3 Å². The molecule has 0 bridgehead atoms. The van der Waals surface area contributed by atoms with Crippen LogP contribution in [0.1, 0.15) is 43.6 Å². The normalized spacial score (nSPS) is 28.3. The fourth-order valence-electron chi connectivity index (χ4n) is 3.33. The first-order chi connectivity index (χ1) is 10.2. The predicted molar refractivity (Wildman–Crippen MR) is 80.3 cm³/mol. The third-order valence-corrected chi connectivity index (χ3v) is 4.66. The van der Waals surface area contributed by atoms with Crippen molar-refractivity contribution in [1.29, 1.82) is 0 Å². The van der Waals surface area contributed by atoms with Crippen molar-refractivity contribution in [3.05, 3.63) is 29.8 Å². The van der Waals surface area contributed by atoms with Gasteiger partial charge in [-0.15, -0.1) is 0 Å². The lowest BCUT2D eigenvalue weighted by molar-refractivity contribution is -0.123. The van der Waals surface area contributed by atoms with Gasteiger partial charge in [0.2, 0.25) is 5.91 Å². The molecule has 1 fully saturated rings. The van der Waals surface area contributed by atoms with E-state index in [0.717, 1.165) is 50.0 Å². The highest BCUT2D eigenvalue weighted by Crippen LogP contribution is 2.33. The Morgan fingerprint density at radius 1 is 1.19 bits per heavy atom. The quantitative estimate of drug-likeness (QED) is 0.897. The second-order valence-electron chi connectivity index (χ2n) is 6.15. The largest absolute Gasteiger partial charge is 0.493 e. The van der Waals surface area contributed by atoms with Crippen molar-refractivity contribution < 1.29 is 14.6 Å². The zero-order valence-corrected chi connectivity index (χ0v) is 12.3. The summed E-state index contributed by atoms with van der Waals surface area (Å²) < 4.78 is 5.60. The Balaban J connectivity index is 1.57. The van der Waals surface area contributed by atoms with E-state index in [1.54, 1.807) is 0 Å². The number of ether oxygens (including phenoxy) is 1. The second-order valence-corrected chi connectivity index (χ2v) is 6.15. The number of carbonyl (C=O) groups excluding carboxylic acids is 1. The molecule has 0 aromatic heterocycles. The Morgan fingerprint density at radius 3 is 2.76 bits per heavy atom. The lowest BCUT2D eigenvalue weighted by Gasteiger charge is -2.28. The third-order valence-electron chi connectivity index (χ3n) is 4.66. The first kappa shape index (κ1) is 14.4. The number of benzene rings is 1. The van der Waals surface area contributed by atoms with Gasteiger partial charge in [0.05, 0.1) is 18.6 Å². The highest BCUT2D eigenvalue weighted by molar-refractivity contribution is 5.84. The van der Waals surface area contributed by atoms with Crippen molar-refractivity contribution >= 4 is 5.91 Å². The van der Waals surface area contributed by atoms with E-state index in [2.05, 4.69) is 5.32 Å². The van der Waals surface area contributed by atoms with Gasteiger partial charge in [-0.05, 0) is 44.1 Å². The molecule has 3 rings (SSSR count). The van der Waals surface area contributed by atoms with Gasteiger partial charge < -0.3 is 15.2 Å². The number of nitrogens with one attached hydrogen (secondary N) is 1. The molecule has 2 aliphatic rings. The Hall–Kier alpha value is -1.55. The third kappa shape index (κ3) is 3.38. The highest BCUT2D eigenvalue weighted by atomic mass is 16.5. The van der Waals surface area contributed by atoms with E-state index in [-0.39, 0.29) is 17.9 Å². The average molecular weight is 289 g/mol. The van der Waals surface area contributed by atoms with Crippen LogP contribution >= 0.6 is 0 Å². The zero-order valence-electron chi connectivity index (χ0n) is 12.3. The molecule has 21 heavy (non-hydrogen) atoms. The van der Waals surface area contributed by atoms with Crippen LogP contribution in [0.4, 0.5) is 0 Å². The number of aliphatic hydroxyl groups is 1. The molecule has 4 heteroatoms. The first-order valence-corrected chi connectivity index (χ1v) is 7.91. The number of fused-ring (bicyclic) bond motifs is 1. The van der Waals surface area contributed by atoms with E-state index in [0.29, 0.717) is 12.5 Å². The molecule has 1 aromatic carbocycles. The van der Waals surface area contributed by atoms with Crippen molar-refractivity contribution in [2.75, 3.05) is 13.2 Å². The number of rotatable bonds is 3. The Labute approximate surface area is 125 Å². The molecular formula is C17H23NO3. The van der Waals surface area contributed by atoms with Crippen LogP contribution in [-0.4, -0.2) is 30.3 Å². The molecule has 0 radical (unpaired) electrons. The van der Waals surface area contributed by atoms with Gasteiger partial charge in [-0.1, -0.05) is 18.2 Å². The maximum absolute atomic E-state index is 12.5. The van der Waals surface area contributed by atoms with Crippen LogP contribution in [0.25, 0.3) is 0 Å². The molecule has 1 saturated carbocycles. The summed E-state index contributed by atoms with van der Waals surface area (Å²) in [4.78, 5) is 12.5. The van der Waals surface area contributed by atoms with E-state index >= 15 is 0 Å². The number of para-hydroxylation sites is 1. The van der Waals surface area contributed by atoms with Gasteiger partial charge in [-0.25, -0.2) is 0 Å². The molecule has 4 nitrogen and oxygen atoms in total. The summed E-state index contributed by atoms with van der Waals surface area (Å²) in [6, 6.07) is 7.80. The molecule has 1 aliphatic heterocycles. The highest BCUT2D eigenvalue weighted by Gasteiger charge is 2.28. The lowest BCUT2D eigenvalue weighted by atomic mass is 9.87. The molecule has 0 saturated heterocycles. The van der Waals surface area contributed by atoms with Crippen LogP contribution < -0.4 is 10.1 Å². The standard InChI is InChI=1S/C17H23NO3/c19-13-7-5-12(6-8-13)11-18-17(20)15-9-10-21-16-4-2-1-3-14(15)16/h1-4,12-13,15,19H,5-11H2,(H,18,20). The molecule has 1 heterocycles. The SMILES string of the molecule is O=C(NCC1CCC(O)CC1)C1CCOc2ccccc21. The number of aliphatic hydroxyl groups excluding tert-OH is 1. The van der Waals surface area contributed by atoms with Crippen LogP contribution in [0.3, 0.4) is 0 Å². The van der Waals surface area contributed by atoms with Crippen LogP contribution in [0.15, 0.2) is 24.3 Å². The Morgan fingerprint density at radius 2 is 1.95 bits per heavy atom. The van der Waals surface area contributed by atoms with Crippen LogP contribution in [0.2, 0.25) is 0 Å². The molecule has 2 N–H and O–H groups in total. The molecule has 1 atom stereocenters. The molecule has 114 valence electrons. The number of hydrogen-bond donors (Lipinski definition) is 2. The van der Waals surface area contributed by atoms with Gasteiger partial charge in [-0.3, -0.25) is 4.79 Å². The van der Waals surface area contributed by atoms with E-state index < -0.39 is 0 Å². The van der Waals surface area contributed by atoms with Crippen molar-refractivity contribution in [2.24, 2.45) is 5.92 Å². The Kier molecular flexibility index (Phi) is 4.44. The smallest absolute Gasteiger partial charge is 0.227 e. The summed E-state index contributed by atoms with van der Waals surface area (Å²) in [5.74, 6) is 1.36. The van der Waals surface area contributed by atoms with E-state index in [1.165, 1.54) is 0 Å². The summed E-state index contributed by atoms with van der Waals surface area (Å²) in [5.41, 5.74) is 1.00. The van der Waals surface area contributed by atoms with Crippen LogP contribution in [-0.2, 0) is 4.79 Å². The zero-order chi connectivity index (χ0) is 14.7. The van der Waals surface area contributed by atoms with Crippen molar-refractivity contribution in [3.63, 3.8) is 0 Å². The van der Waals surface area contributed by atoms with Crippen LogP contribution in [0.5, 0.6) is 5.75 Å². The monoisotopic (exact) mass is 289 g/mol. The lowest BCUT2D eigenvalue weighted by Crippen LogP contribution is -2.36. The fraction of sp³-hybridized carbons (Fsp3) is 0.588. The van der Waals surface area contributed by atoms with E-state index in [9.17, 15) is 9.90 Å². The minimum atomic E-state index is -0.140. The van der Waals surface area contributed by atoms with Gasteiger partial charge in [0.15, 0.2) is 0 Å². The summed E-state index contributed by atoms with van der Waals surface area (Å²) in [6.07, 6.45) is 4.34. The topological polar surface area (TPSA) is 58.6 Å². The minimum absolute atomic E-state index is 0.0934. The molecule has 1 aliphatic carbocycles. The number of amides is 1. The maximum Gasteiger partial charge on any atom is 0.227 e. The minimum Gasteiger partial charge on any atom is -0.493 e. The summed E-state index contributed by atoms with van der Waals surface area (Å²) in [7, 11) is 0. The first-order valence-electron chi connectivity index (χ1n) is 7.91. The predicted octanol–water partition coefficient (Wildman–Crippen LogP) is 2.22. The maximum atomic E-state index is 12.5. The summed E-state index contributed by atoms with van der Waals surface area (Å²) in [5, 5.41) is 12.6. The van der Waals surface area contributed by atoms with Crippen molar-refractivity contribution in [1.82, 2.24) is 5.32 Å². The molecular weight excluding hydrogens is 266 g/mol. The van der Waals surface area contributed by atoms with Gasteiger partial charge in [-0.2, -0.15) is 0 Å². The van der Waals surface area contributed by atoms with Crippen molar-refractivity contribution in [3.8, 4) is 5.75 Å². The van der Waals surface area contributed by atoms with Crippen LogP contribution in [0, 0.1) is 5.92 Å². The summed E-state index contributed by atoms with van der Waals surface area (Å²) >= 11 is 0. The molecule has 0 spiro atoms. The second kappa shape index (κ2) is 6.48. The fourth-order valence-corrected chi connectivity index (χ4v) is 3.33. The number of carbonyl (C=O) groups is 1. The van der Waals surface area contributed by atoms with Crippen molar-refractivity contribution in [2.45, 2.75) is 44.1 Å². The summed E-state index contributed by atoms with van der Waals surface area (Å²) in [6.45, 7) is 1.33. The van der Waals surface area contributed by atoms with Gasteiger partial charge >= 0.3 is 0 Å². The molecule has 1 unspecified atom stereocenters. The van der Waals surface area contributed by atoms with E-state index in [4.69, 9.17) is 4.74 Å². The van der Waals surface area contributed by atoms with Gasteiger partial charge in [0, 0.05) is 12.1 Å². The average Bonchev–Trinajstić information content (AvgIpc) is 2.53.